The van der Waals surface area contributed by atoms with Crippen molar-refractivity contribution in [2.45, 2.75) is 6.54 Å². The number of amides is 1. The Labute approximate surface area is 119 Å². The molecular formula is C14H11FN2O4. The number of rotatable bonds is 4. The second-order valence-electron chi connectivity index (χ2n) is 4.23. The minimum Gasteiger partial charge on any atom is -0.508 e. The first-order valence-electron chi connectivity index (χ1n) is 5.98. The van der Waals surface area contributed by atoms with E-state index in [0.29, 0.717) is 11.6 Å². The quantitative estimate of drug-likeness (QED) is 0.668. The molecule has 0 unspecified atom stereocenters. The lowest BCUT2D eigenvalue weighted by atomic mass is 10.1. The molecule has 0 aliphatic rings. The molecule has 0 bridgehead atoms. The number of carbonyl (C=O) groups is 1. The van der Waals surface area contributed by atoms with E-state index in [1.165, 1.54) is 6.07 Å². The number of non-ortho nitro benzene ring substituents is 1. The van der Waals surface area contributed by atoms with Gasteiger partial charge < -0.3 is 10.4 Å². The van der Waals surface area contributed by atoms with E-state index in [-0.39, 0.29) is 17.9 Å². The Kier molecular flexibility index (Phi) is 4.13. The number of nitrogens with zero attached hydrogens (tertiary/aromatic N) is 1. The van der Waals surface area contributed by atoms with Crippen LogP contribution in [-0.4, -0.2) is 15.9 Å². The lowest BCUT2D eigenvalue weighted by Gasteiger charge is -2.07. The van der Waals surface area contributed by atoms with Crippen LogP contribution >= 0.6 is 0 Å². The minimum absolute atomic E-state index is 0.0157. The molecule has 6 nitrogen and oxygen atoms in total. The van der Waals surface area contributed by atoms with Gasteiger partial charge >= 0.3 is 0 Å². The van der Waals surface area contributed by atoms with Crippen molar-refractivity contribution in [3.8, 4) is 5.75 Å². The van der Waals surface area contributed by atoms with E-state index in [1.54, 1.807) is 18.2 Å². The highest BCUT2D eigenvalue weighted by molar-refractivity contribution is 5.94. The summed E-state index contributed by atoms with van der Waals surface area (Å²) in [5.41, 5.74) is -0.242. The third-order valence-electron chi connectivity index (χ3n) is 2.84. The van der Waals surface area contributed by atoms with E-state index in [2.05, 4.69) is 5.32 Å². The zero-order valence-electron chi connectivity index (χ0n) is 10.7. The van der Waals surface area contributed by atoms with Crippen molar-refractivity contribution in [1.29, 1.82) is 0 Å². The molecule has 0 aliphatic heterocycles. The van der Waals surface area contributed by atoms with E-state index >= 15 is 0 Å². The zero-order chi connectivity index (χ0) is 15.4. The molecule has 0 saturated carbocycles. The molecule has 2 aromatic carbocycles. The number of aromatic hydroxyl groups is 1. The number of carbonyl (C=O) groups excluding carboxylic acids is 1. The van der Waals surface area contributed by atoms with Crippen LogP contribution in [0.3, 0.4) is 0 Å². The Balaban J connectivity index is 2.11. The first kappa shape index (κ1) is 14.4. The number of hydrogen-bond donors (Lipinski definition) is 2. The van der Waals surface area contributed by atoms with Gasteiger partial charge in [0.05, 0.1) is 16.6 Å². The third kappa shape index (κ3) is 3.33. The van der Waals surface area contributed by atoms with Crippen LogP contribution in [0.1, 0.15) is 15.9 Å². The number of hydrogen-bond acceptors (Lipinski definition) is 4. The Morgan fingerprint density at radius 3 is 2.62 bits per heavy atom. The van der Waals surface area contributed by atoms with E-state index in [0.717, 1.165) is 12.1 Å². The van der Waals surface area contributed by atoms with Gasteiger partial charge in [-0.25, -0.2) is 4.39 Å². The Morgan fingerprint density at radius 2 is 2.00 bits per heavy atom. The van der Waals surface area contributed by atoms with Crippen molar-refractivity contribution in [1.82, 2.24) is 5.32 Å². The van der Waals surface area contributed by atoms with Gasteiger partial charge in [0.25, 0.3) is 11.6 Å². The van der Waals surface area contributed by atoms with Crippen molar-refractivity contribution in [2.75, 3.05) is 0 Å². The number of benzene rings is 2. The third-order valence-corrected chi connectivity index (χ3v) is 2.84. The summed E-state index contributed by atoms with van der Waals surface area (Å²) < 4.78 is 13.7. The van der Waals surface area contributed by atoms with Crippen LogP contribution in [0.25, 0.3) is 0 Å². The minimum atomic E-state index is -0.973. The standard InChI is InChI=1S/C14H11FN2O4/c15-12-7-10(17(20)21)5-6-11(12)14(19)16-8-9-3-1-2-4-13(9)18/h1-7,18H,8H2,(H,16,19). The maximum absolute atomic E-state index is 13.7. The molecule has 0 aromatic heterocycles. The highest BCUT2D eigenvalue weighted by Crippen LogP contribution is 2.18. The summed E-state index contributed by atoms with van der Waals surface area (Å²) in [6.07, 6.45) is 0. The van der Waals surface area contributed by atoms with Crippen molar-refractivity contribution in [2.24, 2.45) is 0 Å². The molecule has 2 N–H and O–H groups in total. The summed E-state index contributed by atoms with van der Waals surface area (Å²) in [5, 5.41) is 22.5. The average molecular weight is 290 g/mol. The molecule has 0 aliphatic carbocycles. The van der Waals surface area contributed by atoms with Crippen LogP contribution in [0.15, 0.2) is 42.5 Å². The molecule has 2 rings (SSSR count). The van der Waals surface area contributed by atoms with E-state index in [9.17, 15) is 24.4 Å². The second-order valence-corrected chi connectivity index (χ2v) is 4.23. The SMILES string of the molecule is O=C(NCc1ccccc1O)c1ccc([N+](=O)[O-])cc1F. The lowest BCUT2D eigenvalue weighted by molar-refractivity contribution is -0.385. The fraction of sp³-hybridized carbons (Fsp3) is 0.0714. The number of phenolic OH excluding ortho intramolecular Hbond substituents is 1. The molecule has 2 aromatic rings. The predicted molar refractivity (Wildman–Crippen MR) is 72.3 cm³/mol. The smallest absolute Gasteiger partial charge is 0.272 e. The Morgan fingerprint density at radius 1 is 1.29 bits per heavy atom. The maximum atomic E-state index is 13.7. The summed E-state index contributed by atoms with van der Waals surface area (Å²) in [4.78, 5) is 21.6. The molecule has 0 saturated heterocycles. The number of nitrogens with one attached hydrogen (secondary N) is 1. The van der Waals surface area contributed by atoms with E-state index in [1.807, 2.05) is 0 Å². The van der Waals surface area contributed by atoms with Gasteiger partial charge in [0, 0.05) is 18.2 Å². The van der Waals surface area contributed by atoms with Crippen molar-refractivity contribution < 1.29 is 19.2 Å². The van der Waals surface area contributed by atoms with Crippen LogP contribution in [-0.2, 0) is 6.54 Å². The highest BCUT2D eigenvalue weighted by atomic mass is 19.1. The first-order chi connectivity index (χ1) is 9.99. The molecule has 7 heteroatoms. The average Bonchev–Trinajstić information content (AvgIpc) is 2.46. The van der Waals surface area contributed by atoms with Crippen LogP contribution in [0.2, 0.25) is 0 Å². The van der Waals surface area contributed by atoms with Crippen LogP contribution < -0.4 is 5.32 Å². The molecule has 1 amide bonds. The number of nitro benzene ring substituents is 1. The van der Waals surface area contributed by atoms with Gasteiger partial charge in [-0.2, -0.15) is 0 Å². The topological polar surface area (TPSA) is 92.5 Å². The summed E-state index contributed by atoms with van der Waals surface area (Å²) in [6, 6.07) is 9.20. The maximum Gasteiger partial charge on any atom is 0.272 e. The Bertz CT molecular complexity index is 703. The number of halogens is 1. The summed E-state index contributed by atoms with van der Waals surface area (Å²) >= 11 is 0. The summed E-state index contributed by atoms with van der Waals surface area (Å²) in [6.45, 7) is 0.0158. The molecule has 0 fully saturated rings. The van der Waals surface area contributed by atoms with Gasteiger partial charge in [-0.05, 0) is 12.1 Å². The normalized spacial score (nSPS) is 10.1. The van der Waals surface area contributed by atoms with Gasteiger partial charge in [-0.15, -0.1) is 0 Å². The molecule has 0 spiro atoms. The van der Waals surface area contributed by atoms with Crippen LogP contribution in [0.5, 0.6) is 5.75 Å². The molecule has 21 heavy (non-hydrogen) atoms. The lowest BCUT2D eigenvalue weighted by Crippen LogP contribution is -2.23. The summed E-state index contributed by atoms with van der Waals surface area (Å²) in [7, 11) is 0. The van der Waals surface area contributed by atoms with Gasteiger partial charge in [-0.1, -0.05) is 18.2 Å². The molecule has 0 atom stereocenters. The second kappa shape index (κ2) is 6.00. The van der Waals surface area contributed by atoms with Gasteiger partial charge in [-0.3, -0.25) is 14.9 Å². The summed E-state index contributed by atoms with van der Waals surface area (Å²) in [5.74, 6) is -1.67. The Hall–Kier alpha value is -2.96. The van der Waals surface area contributed by atoms with Crippen LogP contribution in [0, 0.1) is 15.9 Å². The monoisotopic (exact) mass is 290 g/mol. The molecule has 108 valence electrons. The van der Waals surface area contributed by atoms with Gasteiger partial charge in [0.1, 0.15) is 11.6 Å². The highest BCUT2D eigenvalue weighted by Gasteiger charge is 2.16. The van der Waals surface area contributed by atoms with E-state index in [4.69, 9.17) is 0 Å². The number of phenols is 1. The largest absolute Gasteiger partial charge is 0.508 e. The van der Waals surface area contributed by atoms with Gasteiger partial charge in [0.2, 0.25) is 0 Å². The molecule has 0 heterocycles. The fourth-order valence-corrected chi connectivity index (χ4v) is 1.73. The van der Waals surface area contributed by atoms with E-state index < -0.39 is 22.3 Å². The van der Waals surface area contributed by atoms with Crippen LogP contribution in [0.4, 0.5) is 10.1 Å². The number of para-hydroxylation sites is 1. The predicted octanol–water partition coefficient (Wildman–Crippen LogP) is 2.37. The van der Waals surface area contributed by atoms with Crippen molar-refractivity contribution in [3.63, 3.8) is 0 Å². The van der Waals surface area contributed by atoms with Crippen molar-refractivity contribution in [3.05, 3.63) is 69.5 Å². The van der Waals surface area contributed by atoms with Crippen molar-refractivity contribution >= 4 is 11.6 Å². The molecule has 0 radical (unpaired) electrons. The molecular weight excluding hydrogens is 279 g/mol. The number of nitro groups is 1. The zero-order valence-corrected chi connectivity index (χ0v) is 10.7. The fourth-order valence-electron chi connectivity index (χ4n) is 1.73. The first-order valence-corrected chi connectivity index (χ1v) is 5.98. The van der Waals surface area contributed by atoms with Gasteiger partial charge in [0.15, 0.2) is 0 Å².